The normalized spacial score (nSPS) is 13.1. The van der Waals surface area contributed by atoms with Gasteiger partial charge in [0.15, 0.2) is 6.29 Å². The van der Waals surface area contributed by atoms with Gasteiger partial charge in [0.05, 0.1) is 0 Å². The zero-order valence-electron chi connectivity index (χ0n) is 9.43. The summed E-state index contributed by atoms with van der Waals surface area (Å²) in [7, 11) is 3.26. The minimum atomic E-state index is -0.200. The van der Waals surface area contributed by atoms with Gasteiger partial charge in [0.25, 0.3) is 0 Å². The van der Waals surface area contributed by atoms with Crippen LogP contribution in [-0.4, -0.2) is 32.0 Å². The van der Waals surface area contributed by atoms with E-state index < -0.39 is 0 Å². The van der Waals surface area contributed by atoms with Crippen LogP contribution in [0.1, 0.15) is 18.5 Å². The van der Waals surface area contributed by atoms with Crippen LogP contribution in [0.2, 0.25) is 0 Å². The molecule has 0 spiro atoms. The van der Waals surface area contributed by atoms with Crippen LogP contribution in [0.25, 0.3) is 0 Å². The number of aromatic nitrogens is 1. The number of pyridine rings is 1. The lowest BCUT2D eigenvalue weighted by Crippen LogP contribution is -2.31. The van der Waals surface area contributed by atoms with Gasteiger partial charge in [-0.2, -0.15) is 0 Å². The molecule has 0 unspecified atom stereocenters. The molecule has 0 saturated carbocycles. The Morgan fingerprint density at radius 2 is 1.87 bits per heavy atom. The Morgan fingerprint density at radius 3 is 2.40 bits per heavy atom. The van der Waals surface area contributed by atoms with Gasteiger partial charge in [-0.1, -0.05) is 0 Å². The summed E-state index contributed by atoms with van der Waals surface area (Å²) in [5, 5.41) is 3.32. The Kier molecular flexibility index (Phi) is 5.25. The quantitative estimate of drug-likeness (QED) is 0.720. The van der Waals surface area contributed by atoms with Gasteiger partial charge in [0.1, 0.15) is 0 Å². The molecule has 84 valence electrons. The molecule has 0 saturated heterocycles. The number of methoxy groups -OCH3 is 2. The van der Waals surface area contributed by atoms with Crippen molar-refractivity contribution in [1.29, 1.82) is 0 Å². The van der Waals surface area contributed by atoms with E-state index in [1.807, 2.05) is 12.1 Å². The van der Waals surface area contributed by atoms with E-state index in [1.54, 1.807) is 26.6 Å². The molecule has 15 heavy (non-hydrogen) atoms. The van der Waals surface area contributed by atoms with E-state index in [0.717, 1.165) is 0 Å². The Hall–Kier alpha value is -0.970. The molecule has 0 radical (unpaired) electrons. The molecule has 1 aromatic heterocycles. The smallest absolute Gasteiger partial charge is 0.169 e. The average Bonchev–Trinajstić information content (AvgIpc) is 2.31. The zero-order chi connectivity index (χ0) is 11.1. The molecule has 0 bridgehead atoms. The summed E-state index contributed by atoms with van der Waals surface area (Å²) in [6, 6.07) is 4.25. The molecule has 4 heteroatoms. The van der Waals surface area contributed by atoms with E-state index in [2.05, 4.69) is 17.2 Å². The van der Waals surface area contributed by atoms with Crippen LogP contribution in [0.3, 0.4) is 0 Å². The lowest BCUT2D eigenvalue weighted by Gasteiger charge is -2.18. The van der Waals surface area contributed by atoms with Gasteiger partial charge >= 0.3 is 0 Å². The number of nitrogens with zero attached hydrogens (tertiary/aromatic N) is 1. The molecule has 4 nitrogen and oxygen atoms in total. The van der Waals surface area contributed by atoms with Crippen LogP contribution in [0.5, 0.6) is 0 Å². The van der Waals surface area contributed by atoms with E-state index in [4.69, 9.17) is 9.47 Å². The fourth-order valence-electron chi connectivity index (χ4n) is 1.31. The van der Waals surface area contributed by atoms with Crippen molar-refractivity contribution in [3.05, 3.63) is 30.1 Å². The predicted molar refractivity (Wildman–Crippen MR) is 58.5 cm³/mol. The van der Waals surface area contributed by atoms with Crippen LogP contribution < -0.4 is 5.32 Å². The van der Waals surface area contributed by atoms with Crippen molar-refractivity contribution in [2.45, 2.75) is 19.3 Å². The van der Waals surface area contributed by atoms with Gasteiger partial charge in [-0.3, -0.25) is 4.98 Å². The van der Waals surface area contributed by atoms with Gasteiger partial charge in [-0.15, -0.1) is 0 Å². The highest BCUT2D eigenvalue weighted by molar-refractivity contribution is 5.13. The molecule has 1 N–H and O–H groups in total. The molecule has 1 rings (SSSR count). The van der Waals surface area contributed by atoms with Crippen molar-refractivity contribution in [3.63, 3.8) is 0 Å². The fraction of sp³-hybridized carbons (Fsp3) is 0.545. The van der Waals surface area contributed by atoms with Crippen molar-refractivity contribution < 1.29 is 9.47 Å². The van der Waals surface area contributed by atoms with Crippen LogP contribution in [0.4, 0.5) is 0 Å². The van der Waals surface area contributed by atoms with E-state index >= 15 is 0 Å². The number of ether oxygens (including phenoxy) is 2. The average molecular weight is 210 g/mol. The third kappa shape index (κ3) is 3.95. The second-order valence-corrected chi connectivity index (χ2v) is 3.31. The van der Waals surface area contributed by atoms with Crippen molar-refractivity contribution in [3.8, 4) is 0 Å². The molecule has 1 heterocycles. The molecule has 1 atom stereocenters. The maximum atomic E-state index is 5.09. The van der Waals surface area contributed by atoms with E-state index in [-0.39, 0.29) is 12.3 Å². The Bertz CT molecular complexity index is 263. The summed E-state index contributed by atoms with van der Waals surface area (Å²) < 4.78 is 10.2. The van der Waals surface area contributed by atoms with Crippen molar-refractivity contribution in [2.24, 2.45) is 0 Å². The van der Waals surface area contributed by atoms with Crippen LogP contribution >= 0.6 is 0 Å². The number of rotatable bonds is 6. The summed E-state index contributed by atoms with van der Waals surface area (Å²) >= 11 is 0. The summed E-state index contributed by atoms with van der Waals surface area (Å²) in [6.07, 6.45) is 3.38. The third-order valence-corrected chi connectivity index (χ3v) is 2.32. The third-order valence-electron chi connectivity index (χ3n) is 2.32. The summed E-state index contributed by atoms with van der Waals surface area (Å²) in [6.45, 7) is 2.76. The van der Waals surface area contributed by atoms with Gasteiger partial charge in [0.2, 0.25) is 0 Å². The molecule has 0 aromatic carbocycles. The summed E-state index contributed by atoms with van der Waals surface area (Å²) in [5.74, 6) is 0. The Balaban J connectivity index is 2.39. The lowest BCUT2D eigenvalue weighted by molar-refractivity contribution is -0.0997. The van der Waals surface area contributed by atoms with Crippen LogP contribution in [-0.2, 0) is 9.47 Å². The highest BCUT2D eigenvalue weighted by atomic mass is 16.7. The summed E-state index contributed by atoms with van der Waals surface area (Å²) in [5.41, 5.74) is 1.20. The molecular weight excluding hydrogens is 192 g/mol. The fourth-order valence-corrected chi connectivity index (χ4v) is 1.31. The monoisotopic (exact) mass is 210 g/mol. The van der Waals surface area contributed by atoms with Gasteiger partial charge in [-0.25, -0.2) is 0 Å². The van der Waals surface area contributed by atoms with E-state index in [1.165, 1.54) is 5.56 Å². The molecule has 1 aromatic rings. The van der Waals surface area contributed by atoms with Gasteiger partial charge < -0.3 is 14.8 Å². The number of hydrogen-bond donors (Lipinski definition) is 1. The van der Waals surface area contributed by atoms with Gasteiger partial charge in [-0.05, 0) is 24.6 Å². The minimum Gasteiger partial charge on any atom is -0.355 e. The molecule has 0 aliphatic rings. The molecular formula is C11H18N2O2. The van der Waals surface area contributed by atoms with Crippen molar-refractivity contribution in [2.75, 3.05) is 20.8 Å². The first-order chi connectivity index (χ1) is 7.27. The molecule has 0 aliphatic carbocycles. The summed E-state index contributed by atoms with van der Waals surface area (Å²) in [4.78, 5) is 3.98. The molecule has 0 aliphatic heterocycles. The Labute approximate surface area is 90.6 Å². The lowest BCUT2D eigenvalue weighted by atomic mass is 10.1. The van der Waals surface area contributed by atoms with Crippen LogP contribution in [0.15, 0.2) is 24.5 Å². The highest BCUT2D eigenvalue weighted by Gasteiger charge is 2.08. The zero-order valence-corrected chi connectivity index (χ0v) is 9.43. The topological polar surface area (TPSA) is 43.4 Å². The molecule has 0 amide bonds. The first-order valence-corrected chi connectivity index (χ1v) is 4.96. The van der Waals surface area contributed by atoms with Crippen LogP contribution in [0, 0.1) is 0 Å². The van der Waals surface area contributed by atoms with Gasteiger partial charge in [0, 0.05) is 39.2 Å². The second kappa shape index (κ2) is 6.50. The predicted octanol–water partition coefficient (Wildman–Crippen LogP) is 1.35. The first kappa shape index (κ1) is 12.1. The van der Waals surface area contributed by atoms with E-state index in [0.29, 0.717) is 6.54 Å². The largest absolute Gasteiger partial charge is 0.355 e. The Morgan fingerprint density at radius 1 is 1.27 bits per heavy atom. The number of hydrogen-bond acceptors (Lipinski definition) is 4. The molecule has 0 fully saturated rings. The van der Waals surface area contributed by atoms with Crippen molar-refractivity contribution >= 4 is 0 Å². The minimum absolute atomic E-state index is 0.200. The van der Waals surface area contributed by atoms with E-state index in [9.17, 15) is 0 Å². The standard InChI is InChI=1S/C11H18N2O2/c1-9(10-4-6-12-7-5-10)13-8-11(14-2)15-3/h4-7,9,11,13H,8H2,1-3H3/t9-/m1/s1. The highest BCUT2D eigenvalue weighted by Crippen LogP contribution is 2.09. The first-order valence-electron chi connectivity index (χ1n) is 4.96. The SMILES string of the molecule is COC(CN[C@H](C)c1ccncc1)OC. The second-order valence-electron chi connectivity index (χ2n) is 3.31. The maximum Gasteiger partial charge on any atom is 0.169 e. The maximum absolute atomic E-state index is 5.09. The number of nitrogens with one attached hydrogen (secondary N) is 1. The van der Waals surface area contributed by atoms with Crippen molar-refractivity contribution in [1.82, 2.24) is 10.3 Å².